The fourth-order valence-electron chi connectivity index (χ4n) is 2.29. The predicted octanol–water partition coefficient (Wildman–Crippen LogP) is 2.71. The van der Waals surface area contributed by atoms with Crippen LogP contribution in [0, 0.1) is 13.8 Å². The van der Waals surface area contributed by atoms with Gasteiger partial charge in [-0.05, 0) is 36.1 Å². The molecule has 0 bridgehead atoms. The van der Waals surface area contributed by atoms with Gasteiger partial charge in [-0.2, -0.15) is 0 Å². The summed E-state index contributed by atoms with van der Waals surface area (Å²) in [5, 5.41) is 6.12. The van der Waals surface area contributed by atoms with Crippen LogP contribution in [0.3, 0.4) is 0 Å². The minimum Gasteiger partial charge on any atom is -0.351 e. The van der Waals surface area contributed by atoms with Crippen LogP contribution < -0.4 is 10.6 Å². The highest BCUT2D eigenvalue weighted by molar-refractivity contribution is 5.77. The van der Waals surface area contributed by atoms with Crippen molar-refractivity contribution >= 4 is 5.91 Å². The first-order valence-corrected chi connectivity index (χ1v) is 7.23. The summed E-state index contributed by atoms with van der Waals surface area (Å²) in [4.78, 5) is 11.8. The number of benzene rings is 2. The van der Waals surface area contributed by atoms with E-state index >= 15 is 0 Å². The molecule has 0 saturated heterocycles. The van der Waals surface area contributed by atoms with Crippen molar-refractivity contribution < 1.29 is 4.79 Å². The maximum absolute atomic E-state index is 11.8. The molecule has 0 saturated carbocycles. The van der Waals surface area contributed by atoms with Crippen LogP contribution in [0.25, 0.3) is 0 Å². The van der Waals surface area contributed by atoms with Gasteiger partial charge in [-0.15, -0.1) is 0 Å². The molecule has 0 aromatic heterocycles. The zero-order valence-electron chi connectivity index (χ0n) is 12.6. The average molecular weight is 282 g/mol. The minimum atomic E-state index is 0.0186. The summed E-state index contributed by atoms with van der Waals surface area (Å²) >= 11 is 0. The summed E-state index contributed by atoms with van der Waals surface area (Å²) in [6.07, 6.45) is 0. The van der Waals surface area contributed by atoms with Gasteiger partial charge < -0.3 is 10.6 Å². The molecule has 2 N–H and O–H groups in total. The van der Waals surface area contributed by atoms with Gasteiger partial charge in [0.05, 0.1) is 6.54 Å². The normalized spacial score (nSPS) is 10.4. The molecule has 110 valence electrons. The van der Waals surface area contributed by atoms with Crippen molar-refractivity contribution in [1.82, 2.24) is 10.6 Å². The van der Waals surface area contributed by atoms with E-state index in [0.29, 0.717) is 13.1 Å². The van der Waals surface area contributed by atoms with Gasteiger partial charge in [-0.3, -0.25) is 4.79 Å². The van der Waals surface area contributed by atoms with Gasteiger partial charge in [0.25, 0.3) is 0 Å². The fourth-order valence-corrected chi connectivity index (χ4v) is 2.29. The third-order valence-electron chi connectivity index (χ3n) is 3.56. The molecule has 0 spiro atoms. The van der Waals surface area contributed by atoms with Gasteiger partial charge in [0.2, 0.25) is 5.91 Å². The van der Waals surface area contributed by atoms with Gasteiger partial charge >= 0.3 is 0 Å². The molecule has 0 atom stereocenters. The van der Waals surface area contributed by atoms with Crippen LogP contribution in [0.5, 0.6) is 0 Å². The van der Waals surface area contributed by atoms with Gasteiger partial charge in [-0.25, -0.2) is 0 Å². The van der Waals surface area contributed by atoms with E-state index in [2.05, 4.69) is 42.7 Å². The van der Waals surface area contributed by atoms with E-state index in [0.717, 1.165) is 12.1 Å². The molecule has 2 aromatic carbocycles. The molecule has 0 fully saturated rings. The Bertz CT molecular complexity index is 573. The van der Waals surface area contributed by atoms with Crippen molar-refractivity contribution in [3.63, 3.8) is 0 Å². The fraction of sp³-hybridized carbons (Fsp3) is 0.278. The SMILES string of the molecule is Cc1cccc(C)c1CNCC(=O)NCc1ccccc1. The van der Waals surface area contributed by atoms with Crippen LogP contribution in [0.4, 0.5) is 0 Å². The molecule has 21 heavy (non-hydrogen) atoms. The van der Waals surface area contributed by atoms with Crippen molar-refractivity contribution in [1.29, 1.82) is 0 Å². The number of hydrogen-bond acceptors (Lipinski definition) is 2. The number of rotatable bonds is 6. The van der Waals surface area contributed by atoms with Crippen LogP contribution in [-0.4, -0.2) is 12.5 Å². The summed E-state index contributed by atoms with van der Waals surface area (Å²) in [5.41, 5.74) is 4.90. The third kappa shape index (κ3) is 4.72. The Labute approximate surface area is 126 Å². The molecule has 1 amide bonds. The Morgan fingerprint density at radius 1 is 0.905 bits per heavy atom. The van der Waals surface area contributed by atoms with E-state index in [1.165, 1.54) is 16.7 Å². The number of nitrogens with one attached hydrogen (secondary N) is 2. The lowest BCUT2D eigenvalue weighted by molar-refractivity contribution is -0.120. The first kappa shape index (κ1) is 15.3. The van der Waals surface area contributed by atoms with E-state index in [4.69, 9.17) is 0 Å². The van der Waals surface area contributed by atoms with Crippen LogP contribution in [0.15, 0.2) is 48.5 Å². The van der Waals surface area contributed by atoms with E-state index in [9.17, 15) is 4.79 Å². The van der Waals surface area contributed by atoms with E-state index in [1.54, 1.807) is 0 Å². The lowest BCUT2D eigenvalue weighted by Gasteiger charge is -2.11. The second-order valence-electron chi connectivity index (χ2n) is 5.24. The Morgan fingerprint density at radius 2 is 1.57 bits per heavy atom. The second-order valence-corrected chi connectivity index (χ2v) is 5.24. The van der Waals surface area contributed by atoms with Gasteiger partial charge in [0.1, 0.15) is 0 Å². The largest absolute Gasteiger partial charge is 0.351 e. The molecule has 0 aliphatic carbocycles. The first-order valence-electron chi connectivity index (χ1n) is 7.23. The maximum atomic E-state index is 11.8. The third-order valence-corrected chi connectivity index (χ3v) is 3.56. The summed E-state index contributed by atoms with van der Waals surface area (Å²) in [6.45, 7) is 5.82. The molecule has 3 nitrogen and oxygen atoms in total. The molecule has 2 rings (SSSR count). The highest BCUT2D eigenvalue weighted by Crippen LogP contribution is 2.12. The standard InChI is InChI=1S/C18H22N2O/c1-14-7-6-8-15(2)17(14)12-19-13-18(21)20-11-16-9-4-3-5-10-16/h3-10,19H,11-13H2,1-2H3,(H,20,21). The second kappa shape index (κ2) is 7.60. The molecule has 0 unspecified atom stereocenters. The predicted molar refractivity (Wildman–Crippen MR) is 85.9 cm³/mol. The van der Waals surface area contributed by atoms with E-state index in [-0.39, 0.29) is 5.91 Å². The zero-order chi connectivity index (χ0) is 15.1. The topological polar surface area (TPSA) is 41.1 Å². The van der Waals surface area contributed by atoms with Crippen LogP contribution >= 0.6 is 0 Å². The van der Waals surface area contributed by atoms with Gasteiger partial charge in [0, 0.05) is 13.1 Å². The van der Waals surface area contributed by atoms with Gasteiger partial charge in [-0.1, -0.05) is 48.5 Å². The van der Waals surface area contributed by atoms with Crippen LogP contribution in [-0.2, 0) is 17.9 Å². The quantitative estimate of drug-likeness (QED) is 0.855. The first-order chi connectivity index (χ1) is 10.2. The Kier molecular flexibility index (Phi) is 5.52. The van der Waals surface area contributed by atoms with Crippen molar-refractivity contribution in [2.75, 3.05) is 6.54 Å². The molecule has 0 aliphatic rings. The number of aryl methyl sites for hydroxylation is 2. The van der Waals surface area contributed by atoms with Gasteiger partial charge in [0.15, 0.2) is 0 Å². The minimum absolute atomic E-state index is 0.0186. The average Bonchev–Trinajstić information content (AvgIpc) is 2.49. The monoisotopic (exact) mass is 282 g/mol. The van der Waals surface area contributed by atoms with Crippen molar-refractivity contribution in [3.8, 4) is 0 Å². The van der Waals surface area contributed by atoms with E-state index < -0.39 is 0 Å². The molecular weight excluding hydrogens is 260 g/mol. The summed E-state index contributed by atoms with van der Waals surface area (Å²) in [7, 11) is 0. The van der Waals surface area contributed by atoms with Crippen molar-refractivity contribution in [3.05, 3.63) is 70.8 Å². The lowest BCUT2D eigenvalue weighted by Crippen LogP contribution is -2.33. The highest BCUT2D eigenvalue weighted by atomic mass is 16.1. The van der Waals surface area contributed by atoms with E-state index in [1.807, 2.05) is 30.3 Å². The number of carbonyl (C=O) groups excluding carboxylic acids is 1. The summed E-state index contributed by atoms with van der Waals surface area (Å²) in [6, 6.07) is 16.2. The number of amides is 1. The highest BCUT2D eigenvalue weighted by Gasteiger charge is 2.04. The molecule has 3 heteroatoms. The van der Waals surface area contributed by atoms with Crippen molar-refractivity contribution in [2.24, 2.45) is 0 Å². The molecule has 0 heterocycles. The maximum Gasteiger partial charge on any atom is 0.234 e. The Balaban J connectivity index is 1.75. The Morgan fingerprint density at radius 3 is 2.24 bits per heavy atom. The van der Waals surface area contributed by atoms with Crippen molar-refractivity contribution in [2.45, 2.75) is 26.9 Å². The summed E-state index contributed by atoms with van der Waals surface area (Å²) in [5.74, 6) is 0.0186. The Hall–Kier alpha value is -2.13. The lowest BCUT2D eigenvalue weighted by atomic mass is 10.0. The summed E-state index contributed by atoms with van der Waals surface area (Å²) < 4.78 is 0. The zero-order valence-corrected chi connectivity index (χ0v) is 12.6. The number of carbonyl (C=O) groups is 1. The van der Waals surface area contributed by atoms with Crippen LogP contribution in [0.2, 0.25) is 0 Å². The molecule has 0 aliphatic heterocycles. The smallest absolute Gasteiger partial charge is 0.234 e. The molecular formula is C18H22N2O. The van der Waals surface area contributed by atoms with Crippen LogP contribution in [0.1, 0.15) is 22.3 Å². The molecule has 0 radical (unpaired) electrons. The molecule has 2 aromatic rings. The number of hydrogen-bond donors (Lipinski definition) is 2.